The van der Waals surface area contributed by atoms with Gasteiger partial charge in [-0.25, -0.2) is 4.98 Å². The number of imide groups is 1. The van der Waals surface area contributed by atoms with Gasteiger partial charge in [-0.3, -0.25) is 19.3 Å². The molecule has 3 amide bonds. The molecule has 0 spiro atoms. The largest absolute Gasteiger partial charge is 0.354 e. The molecule has 2 aromatic carbocycles. The molecule has 1 atom stereocenters. The van der Waals surface area contributed by atoms with Gasteiger partial charge in [-0.1, -0.05) is 24.3 Å². The first-order valence-electron chi connectivity index (χ1n) is 10.1. The van der Waals surface area contributed by atoms with E-state index < -0.39 is 17.9 Å². The van der Waals surface area contributed by atoms with E-state index in [0.29, 0.717) is 24.1 Å². The van der Waals surface area contributed by atoms with Crippen molar-refractivity contribution < 1.29 is 14.4 Å². The highest BCUT2D eigenvalue weighted by atomic mass is 16.2. The molecule has 154 valence electrons. The van der Waals surface area contributed by atoms with Crippen LogP contribution in [-0.2, 0) is 11.2 Å². The highest BCUT2D eigenvalue weighted by Gasteiger charge is 2.40. The van der Waals surface area contributed by atoms with E-state index in [1.807, 2.05) is 24.3 Å². The standard InChI is InChI=1S/C23H24N4O3/c1-14(2)26-19-11-7-6-10-18(19)25-20(26)12-13-24-21(28)15(3)27-22(29)16-8-4-5-9-17(16)23(27)30/h4-11,14-15H,12-13H2,1-3H3,(H,24,28). The molecule has 7 nitrogen and oxygen atoms in total. The van der Waals surface area contributed by atoms with Crippen LogP contribution in [0.4, 0.5) is 0 Å². The van der Waals surface area contributed by atoms with Crippen LogP contribution in [0.1, 0.15) is 53.4 Å². The van der Waals surface area contributed by atoms with Gasteiger partial charge in [0.25, 0.3) is 11.8 Å². The molecule has 2 heterocycles. The van der Waals surface area contributed by atoms with E-state index in [9.17, 15) is 14.4 Å². The van der Waals surface area contributed by atoms with E-state index in [2.05, 4.69) is 23.7 Å². The predicted molar refractivity (Wildman–Crippen MR) is 113 cm³/mol. The van der Waals surface area contributed by atoms with E-state index in [4.69, 9.17) is 4.98 Å². The molecule has 1 unspecified atom stereocenters. The minimum atomic E-state index is -0.888. The number of fused-ring (bicyclic) bond motifs is 2. The van der Waals surface area contributed by atoms with E-state index in [1.165, 1.54) is 0 Å². The second-order valence-electron chi connectivity index (χ2n) is 7.72. The van der Waals surface area contributed by atoms with Gasteiger partial charge in [0.2, 0.25) is 5.91 Å². The molecule has 0 aliphatic carbocycles. The number of amides is 3. The molecule has 4 rings (SSSR count). The fourth-order valence-corrected chi connectivity index (χ4v) is 3.97. The number of carbonyl (C=O) groups is 3. The van der Waals surface area contributed by atoms with E-state index >= 15 is 0 Å². The van der Waals surface area contributed by atoms with Crippen molar-refractivity contribution >= 4 is 28.8 Å². The van der Waals surface area contributed by atoms with Gasteiger partial charge in [0.05, 0.1) is 22.2 Å². The van der Waals surface area contributed by atoms with Crippen LogP contribution in [0.3, 0.4) is 0 Å². The average Bonchev–Trinajstić information content (AvgIpc) is 3.23. The summed E-state index contributed by atoms with van der Waals surface area (Å²) in [4.78, 5) is 43.6. The van der Waals surface area contributed by atoms with Crippen LogP contribution in [0.2, 0.25) is 0 Å². The predicted octanol–water partition coefficient (Wildman–Crippen LogP) is 2.96. The zero-order valence-corrected chi connectivity index (χ0v) is 17.3. The lowest BCUT2D eigenvalue weighted by molar-refractivity contribution is -0.124. The number of carbonyl (C=O) groups excluding carboxylic acids is 3. The third-order valence-corrected chi connectivity index (χ3v) is 5.43. The number of aromatic nitrogens is 2. The normalized spacial score (nSPS) is 14.5. The van der Waals surface area contributed by atoms with Crippen LogP contribution in [-0.4, -0.2) is 44.8 Å². The van der Waals surface area contributed by atoms with Crippen LogP contribution in [0.15, 0.2) is 48.5 Å². The third kappa shape index (κ3) is 3.26. The maximum Gasteiger partial charge on any atom is 0.262 e. The van der Waals surface area contributed by atoms with Crippen molar-refractivity contribution in [2.45, 2.75) is 39.3 Å². The fraction of sp³-hybridized carbons (Fsp3) is 0.304. The van der Waals surface area contributed by atoms with Gasteiger partial charge in [-0.15, -0.1) is 0 Å². The summed E-state index contributed by atoms with van der Waals surface area (Å²) in [6.07, 6.45) is 0.549. The summed E-state index contributed by atoms with van der Waals surface area (Å²) in [5.74, 6) is -0.337. The zero-order valence-electron chi connectivity index (χ0n) is 17.3. The second-order valence-corrected chi connectivity index (χ2v) is 7.72. The van der Waals surface area contributed by atoms with Crippen LogP contribution < -0.4 is 5.32 Å². The molecule has 30 heavy (non-hydrogen) atoms. The Morgan fingerprint density at radius 1 is 0.967 bits per heavy atom. The molecular weight excluding hydrogens is 380 g/mol. The Kier molecular flexibility index (Phi) is 5.11. The molecule has 0 saturated carbocycles. The number of imidazole rings is 1. The van der Waals surface area contributed by atoms with Gasteiger partial charge >= 0.3 is 0 Å². The maximum absolute atomic E-state index is 12.7. The molecule has 7 heteroatoms. The zero-order chi connectivity index (χ0) is 21.4. The minimum absolute atomic E-state index is 0.236. The third-order valence-electron chi connectivity index (χ3n) is 5.43. The lowest BCUT2D eigenvalue weighted by atomic mass is 10.1. The Hall–Kier alpha value is -3.48. The molecule has 0 radical (unpaired) electrons. The molecule has 0 saturated heterocycles. The molecular formula is C23H24N4O3. The highest BCUT2D eigenvalue weighted by Crippen LogP contribution is 2.24. The van der Waals surface area contributed by atoms with Crippen molar-refractivity contribution in [2.75, 3.05) is 6.54 Å². The van der Waals surface area contributed by atoms with Gasteiger partial charge in [0.15, 0.2) is 0 Å². The number of nitrogens with zero attached hydrogens (tertiary/aromatic N) is 3. The number of rotatable bonds is 6. The summed E-state index contributed by atoms with van der Waals surface area (Å²) in [5.41, 5.74) is 2.67. The molecule has 1 aliphatic heterocycles. The average molecular weight is 404 g/mol. The summed E-state index contributed by atoms with van der Waals surface area (Å²) in [6.45, 7) is 6.13. The highest BCUT2D eigenvalue weighted by molar-refractivity contribution is 6.22. The molecule has 1 aliphatic rings. The van der Waals surface area contributed by atoms with Crippen LogP contribution >= 0.6 is 0 Å². The van der Waals surface area contributed by atoms with Crippen molar-refractivity contribution in [3.05, 3.63) is 65.5 Å². The topological polar surface area (TPSA) is 84.3 Å². The van der Waals surface area contributed by atoms with Gasteiger partial charge < -0.3 is 9.88 Å². The Labute approximate surface area is 174 Å². The lowest BCUT2D eigenvalue weighted by Crippen LogP contribution is -2.48. The van der Waals surface area contributed by atoms with E-state index in [0.717, 1.165) is 21.8 Å². The van der Waals surface area contributed by atoms with Crippen molar-refractivity contribution in [1.82, 2.24) is 19.8 Å². The Balaban J connectivity index is 1.44. The summed E-state index contributed by atoms with van der Waals surface area (Å²) >= 11 is 0. The second kappa shape index (κ2) is 7.74. The van der Waals surface area contributed by atoms with Gasteiger partial charge in [0, 0.05) is 19.0 Å². The molecule has 1 aromatic heterocycles. The quantitative estimate of drug-likeness (QED) is 0.640. The van der Waals surface area contributed by atoms with Crippen molar-refractivity contribution in [3.8, 4) is 0 Å². The number of hydrogen-bond acceptors (Lipinski definition) is 4. The van der Waals surface area contributed by atoms with Crippen LogP contribution in [0.25, 0.3) is 11.0 Å². The smallest absolute Gasteiger partial charge is 0.262 e. The van der Waals surface area contributed by atoms with Crippen LogP contribution in [0.5, 0.6) is 0 Å². The number of benzene rings is 2. The summed E-state index contributed by atoms with van der Waals surface area (Å²) in [5, 5.41) is 2.85. The number of para-hydroxylation sites is 2. The summed E-state index contributed by atoms with van der Waals surface area (Å²) in [6, 6.07) is 13.9. The number of nitrogens with one attached hydrogen (secondary N) is 1. The lowest BCUT2D eigenvalue weighted by Gasteiger charge is -2.21. The molecule has 0 bridgehead atoms. The maximum atomic E-state index is 12.7. The number of hydrogen-bond donors (Lipinski definition) is 1. The Morgan fingerprint density at radius 3 is 2.20 bits per heavy atom. The fourth-order valence-electron chi connectivity index (χ4n) is 3.97. The summed E-state index contributed by atoms with van der Waals surface area (Å²) < 4.78 is 2.16. The SMILES string of the molecule is CC(C(=O)NCCc1nc2ccccc2n1C(C)C)N1C(=O)c2ccccc2C1=O. The molecule has 3 aromatic rings. The Morgan fingerprint density at radius 2 is 1.57 bits per heavy atom. The molecule has 0 fully saturated rings. The van der Waals surface area contributed by atoms with Gasteiger partial charge in [-0.05, 0) is 45.0 Å². The van der Waals surface area contributed by atoms with Crippen molar-refractivity contribution in [1.29, 1.82) is 0 Å². The Bertz CT molecular complexity index is 1110. The van der Waals surface area contributed by atoms with Gasteiger partial charge in [-0.2, -0.15) is 0 Å². The molecule has 1 N–H and O–H groups in total. The monoisotopic (exact) mass is 404 g/mol. The van der Waals surface area contributed by atoms with E-state index in [1.54, 1.807) is 31.2 Å². The summed E-state index contributed by atoms with van der Waals surface area (Å²) in [7, 11) is 0. The van der Waals surface area contributed by atoms with E-state index in [-0.39, 0.29) is 11.9 Å². The first kappa shape index (κ1) is 19.8. The van der Waals surface area contributed by atoms with Crippen molar-refractivity contribution in [2.24, 2.45) is 0 Å². The first-order chi connectivity index (χ1) is 14.4. The van der Waals surface area contributed by atoms with Gasteiger partial charge in [0.1, 0.15) is 11.9 Å². The van der Waals surface area contributed by atoms with Crippen molar-refractivity contribution in [3.63, 3.8) is 0 Å². The minimum Gasteiger partial charge on any atom is -0.354 e. The van der Waals surface area contributed by atoms with Crippen LogP contribution in [0, 0.1) is 0 Å². The first-order valence-corrected chi connectivity index (χ1v) is 10.1.